The lowest BCUT2D eigenvalue weighted by Crippen LogP contribution is -1.93. The zero-order valence-electron chi connectivity index (χ0n) is 28.4. The molecule has 2 nitrogen and oxygen atoms in total. The smallest absolute Gasteiger partial charge is 0.0893 e. The topological polar surface area (TPSA) is 25.8 Å². The van der Waals surface area contributed by atoms with Crippen LogP contribution in [0.1, 0.15) is 0 Å². The molecule has 242 valence electrons. The first-order chi connectivity index (χ1) is 25.8. The van der Waals surface area contributed by atoms with Gasteiger partial charge in [-0.1, -0.05) is 146 Å². The standard InChI is InChI=1S/C50H32N2/c1-3-19-39-35(13-1)31-45(43-23-7-5-21-41(39)43)33-15-9-17-37(29-33)47-25-11-27-49(51-47)50-28-12-26-48(52-50)38-18-10-16-34(30-38)46-32-36-14-2-4-20-40(36)42-22-6-8-24-44(42)46/h1-32H. The Labute approximate surface area is 302 Å². The molecule has 0 saturated carbocycles. The Morgan fingerprint density at radius 3 is 1.04 bits per heavy atom. The van der Waals surface area contributed by atoms with Gasteiger partial charge in [0.15, 0.2) is 0 Å². The van der Waals surface area contributed by atoms with Crippen LogP contribution in [0.25, 0.3) is 99.2 Å². The van der Waals surface area contributed by atoms with E-state index in [9.17, 15) is 0 Å². The van der Waals surface area contributed by atoms with Crippen molar-refractivity contribution in [3.63, 3.8) is 0 Å². The first-order valence-electron chi connectivity index (χ1n) is 17.7. The van der Waals surface area contributed by atoms with Gasteiger partial charge in [0.2, 0.25) is 0 Å². The number of aromatic nitrogens is 2. The van der Waals surface area contributed by atoms with E-state index in [0.717, 1.165) is 33.9 Å². The van der Waals surface area contributed by atoms with Crippen molar-refractivity contribution < 1.29 is 0 Å². The highest BCUT2D eigenvalue weighted by molar-refractivity contribution is 6.15. The molecule has 2 heterocycles. The normalized spacial score (nSPS) is 11.5. The molecule has 2 aromatic heterocycles. The van der Waals surface area contributed by atoms with Gasteiger partial charge in [-0.25, -0.2) is 9.97 Å². The molecule has 0 aliphatic rings. The fraction of sp³-hybridized carbons (Fsp3) is 0. The van der Waals surface area contributed by atoms with Crippen LogP contribution in [0.3, 0.4) is 0 Å². The van der Waals surface area contributed by atoms with E-state index in [4.69, 9.17) is 9.97 Å². The quantitative estimate of drug-likeness (QED) is 0.172. The molecule has 52 heavy (non-hydrogen) atoms. The summed E-state index contributed by atoms with van der Waals surface area (Å²) >= 11 is 0. The molecule has 10 aromatic rings. The Kier molecular flexibility index (Phi) is 7.18. The second kappa shape index (κ2) is 12.5. The molecule has 2 heteroatoms. The van der Waals surface area contributed by atoms with Gasteiger partial charge in [0, 0.05) is 11.1 Å². The third-order valence-electron chi connectivity index (χ3n) is 10.2. The van der Waals surface area contributed by atoms with Crippen LogP contribution in [0.5, 0.6) is 0 Å². The van der Waals surface area contributed by atoms with Gasteiger partial charge >= 0.3 is 0 Å². The van der Waals surface area contributed by atoms with Gasteiger partial charge in [0.1, 0.15) is 0 Å². The first-order valence-corrected chi connectivity index (χ1v) is 17.7. The van der Waals surface area contributed by atoms with E-state index < -0.39 is 0 Å². The lowest BCUT2D eigenvalue weighted by molar-refractivity contribution is 1.25. The third kappa shape index (κ3) is 5.21. The van der Waals surface area contributed by atoms with E-state index in [0.29, 0.717) is 0 Å². The van der Waals surface area contributed by atoms with Crippen molar-refractivity contribution in [1.82, 2.24) is 9.97 Å². The van der Waals surface area contributed by atoms with E-state index in [-0.39, 0.29) is 0 Å². The summed E-state index contributed by atoms with van der Waals surface area (Å²) in [5, 5.41) is 10.1. The van der Waals surface area contributed by atoms with E-state index in [1.165, 1.54) is 65.3 Å². The van der Waals surface area contributed by atoms with Crippen LogP contribution in [-0.4, -0.2) is 9.97 Å². The van der Waals surface area contributed by atoms with Crippen LogP contribution in [0.2, 0.25) is 0 Å². The van der Waals surface area contributed by atoms with Gasteiger partial charge in [0.25, 0.3) is 0 Å². The molecule has 10 rings (SSSR count). The van der Waals surface area contributed by atoms with Gasteiger partial charge < -0.3 is 0 Å². The molecule has 0 bridgehead atoms. The van der Waals surface area contributed by atoms with Crippen LogP contribution >= 0.6 is 0 Å². The van der Waals surface area contributed by atoms with E-state index in [1.807, 2.05) is 12.1 Å². The summed E-state index contributed by atoms with van der Waals surface area (Å²) in [6.07, 6.45) is 0. The summed E-state index contributed by atoms with van der Waals surface area (Å²) < 4.78 is 0. The number of hydrogen-bond donors (Lipinski definition) is 0. The Morgan fingerprint density at radius 1 is 0.231 bits per heavy atom. The highest BCUT2D eigenvalue weighted by Crippen LogP contribution is 2.38. The fourth-order valence-corrected chi connectivity index (χ4v) is 7.75. The van der Waals surface area contributed by atoms with E-state index >= 15 is 0 Å². The number of rotatable bonds is 5. The Bertz CT molecular complexity index is 2770. The van der Waals surface area contributed by atoms with Crippen LogP contribution in [0.15, 0.2) is 194 Å². The van der Waals surface area contributed by atoms with Crippen molar-refractivity contribution >= 4 is 43.1 Å². The molecule has 0 aliphatic carbocycles. The van der Waals surface area contributed by atoms with Crippen molar-refractivity contribution in [2.24, 2.45) is 0 Å². The highest BCUT2D eigenvalue weighted by Gasteiger charge is 2.13. The minimum Gasteiger partial charge on any atom is -0.246 e. The average Bonchev–Trinajstić information content (AvgIpc) is 3.23. The number of benzene rings is 8. The Morgan fingerprint density at radius 2 is 0.577 bits per heavy atom. The average molecular weight is 661 g/mol. The number of fused-ring (bicyclic) bond motifs is 6. The van der Waals surface area contributed by atoms with E-state index in [1.54, 1.807) is 0 Å². The number of hydrogen-bond acceptors (Lipinski definition) is 2. The summed E-state index contributed by atoms with van der Waals surface area (Å²) in [6, 6.07) is 69.2. The molecule has 0 aliphatic heterocycles. The maximum Gasteiger partial charge on any atom is 0.0893 e. The summed E-state index contributed by atoms with van der Waals surface area (Å²) in [5.41, 5.74) is 10.5. The zero-order chi connectivity index (χ0) is 34.4. The van der Waals surface area contributed by atoms with Crippen LogP contribution in [0.4, 0.5) is 0 Å². The predicted molar refractivity (Wildman–Crippen MR) is 219 cm³/mol. The van der Waals surface area contributed by atoms with Crippen molar-refractivity contribution in [2.75, 3.05) is 0 Å². The molecule has 0 fully saturated rings. The molecule has 0 amide bonds. The summed E-state index contributed by atoms with van der Waals surface area (Å²) in [4.78, 5) is 10.3. The van der Waals surface area contributed by atoms with Gasteiger partial charge in [0.05, 0.1) is 22.8 Å². The fourth-order valence-electron chi connectivity index (χ4n) is 7.75. The van der Waals surface area contributed by atoms with Gasteiger partial charge in [-0.2, -0.15) is 0 Å². The van der Waals surface area contributed by atoms with Crippen molar-refractivity contribution in [3.05, 3.63) is 194 Å². The SMILES string of the molecule is c1cc(-c2cccc(-c3cccc(-c4cccc(-c5cc6ccccc6c6ccccc56)c4)n3)n2)cc(-c2cc3ccccc3c3ccccc23)c1. The van der Waals surface area contributed by atoms with Crippen molar-refractivity contribution in [1.29, 1.82) is 0 Å². The lowest BCUT2D eigenvalue weighted by atomic mass is 9.92. The van der Waals surface area contributed by atoms with E-state index in [2.05, 4.69) is 182 Å². The third-order valence-corrected chi connectivity index (χ3v) is 10.2. The molecule has 0 N–H and O–H groups in total. The summed E-state index contributed by atoms with van der Waals surface area (Å²) in [5.74, 6) is 0. The molecule has 0 atom stereocenters. The molecular formula is C50H32N2. The van der Waals surface area contributed by atoms with Gasteiger partial charge in [-0.05, 0) is 114 Å². The molecule has 0 saturated heterocycles. The molecule has 0 unspecified atom stereocenters. The minimum atomic E-state index is 0.845. The van der Waals surface area contributed by atoms with Crippen LogP contribution < -0.4 is 0 Å². The van der Waals surface area contributed by atoms with Crippen molar-refractivity contribution in [2.45, 2.75) is 0 Å². The van der Waals surface area contributed by atoms with Crippen LogP contribution in [-0.2, 0) is 0 Å². The van der Waals surface area contributed by atoms with Gasteiger partial charge in [-0.3, -0.25) is 0 Å². The maximum absolute atomic E-state index is 5.16. The van der Waals surface area contributed by atoms with Gasteiger partial charge in [-0.15, -0.1) is 0 Å². The molecule has 8 aromatic carbocycles. The predicted octanol–water partition coefficient (Wildman–Crippen LogP) is 13.4. The minimum absolute atomic E-state index is 0.845. The lowest BCUT2D eigenvalue weighted by Gasteiger charge is -2.13. The van der Waals surface area contributed by atoms with Crippen LogP contribution in [0, 0.1) is 0 Å². The van der Waals surface area contributed by atoms with Crippen molar-refractivity contribution in [3.8, 4) is 56.2 Å². The maximum atomic E-state index is 5.16. The molecular weight excluding hydrogens is 629 g/mol. The number of nitrogens with zero attached hydrogens (tertiary/aromatic N) is 2. The Balaban J connectivity index is 1.01. The zero-order valence-corrected chi connectivity index (χ0v) is 28.4. The second-order valence-corrected chi connectivity index (χ2v) is 13.4. The Hall–Kier alpha value is -6.90. The first kappa shape index (κ1) is 30.0. The highest BCUT2D eigenvalue weighted by atomic mass is 14.8. The monoisotopic (exact) mass is 660 g/mol. The summed E-state index contributed by atoms with van der Waals surface area (Å²) in [7, 11) is 0. The molecule has 0 radical (unpaired) electrons. The molecule has 0 spiro atoms. The second-order valence-electron chi connectivity index (χ2n) is 13.4. The summed E-state index contributed by atoms with van der Waals surface area (Å²) in [6.45, 7) is 0. The largest absolute Gasteiger partial charge is 0.246 e. The number of pyridine rings is 2.